The van der Waals surface area contributed by atoms with Gasteiger partial charge in [-0.05, 0) is 73.4 Å². The van der Waals surface area contributed by atoms with Gasteiger partial charge in [0.1, 0.15) is 11.3 Å². The van der Waals surface area contributed by atoms with Crippen LogP contribution in [0.15, 0.2) is 54.7 Å². The molecule has 3 atom stereocenters. The van der Waals surface area contributed by atoms with E-state index >= 15 is 0 Å². The summed E-state index contributed by atoms with van der Waals surface area (Å²) in [4.78, 5) is 12.4. The normalized spacial score (nSPS) is 21.1. The van der Waals surface area contributed by atoms with Gasteiger partial charge in [-0.1, -0.05) is 50.5 Å². The largest absolute Gasteiger partial charge is 0.490 e. The van der Waals surface area contributed by atoms with Gasteiger partial charge in [0.25, 0.3) is 0 Å². The molecular formula is C29H34N2O3. The van der Waals surface area contributed by atoms with Crippen molar-refractivity contribution in [2.75, 3.05) is 7.11 Å². The molecule has 0 saturated heterocycles. The Morgan fingerprint density at radius 3 is 2.47 bits per heavy atom. The molecule has 2 aliphatic carbocycles. The Labute approximate surface area is 202 Å². The molecule has 0 unspecified atom stereocenters. The standard InChI is InChI=1S/C29H34N2O3/c1-19-15-26(19)28-27(29(32)33-3)18-30-31(28)24-13-7-11-22(16-24)23-12-8-14-25(17-23)34-20(2)21-9-5-4-6-10-21/h7-8,11-14,16-21,26H,4-6,9-10,15H2,1-3H3/t19-,20-,26-/m0/s1. The lowest BCUT2D eigenvalue weighted by Crippen LogP contribution is -2.25. The molecule has 5 nitrogen and oxygen atoms in total. The van der Waals surface area contributed by atoms with Crippen molar-refractivity contribution in [1.29, 1.82) is 0 Å². The Kier molecular flexibility index (Phi) is 6.44. The Balaban J connectivity index is 1.42. The monoisotopic (exact) mass is 458 g/mol. The van der Waals surface area contributed by atoms with Gasteiger partial charge in [-0.2, -0.15) is 5.10 Å². The molecule has 0 amide bonds. The summed E-state index contributed by atoms with van der Waals surface area (Å²) in [5.74, 6) is 2.11. The van der Waals surface area contributed by atoms with E-state index in [0.29, 0.717) is 23.3 Å². The number of hydrogen-bond donors (Lipinski definition) is 0. The Morgan fingerprint density at radius 1 is 1.06 bits per heavy atom. The van der Waals surface area contributed by atoms with Gasteiger partial charge < -0.3 is 9.47 Å². The van der Waals surface area contributed by atoms with Gasteiger partial charge in [0.15, 0.2) is 0 Å². The van der Waals surface area contributed by atoms with E-state index in [0.717, 1.165) is 34.7 Å². The molecule has 1 heterocycles. The summed E-state index contributed by atoms with van der Waals surface area (Å²) in [5, 5.41) is 4.59. The van der Waals surface area contributed by atoms with E-state index in [1.807, 2.05) is 16.8 Å². The number of ether oxygens (including phenoxy) is 2. The molecule has 0 N–H and O–H groups in total. The third-order valence-corrected chi connectivity index (χ3v) is 7.57. The van der Waals surface area contributed by atoms with E-state index in [2.05, 4.69) is 55.3 Å². The van der Waals surface area contributed by atoms with Crippen molar-refractivity contribution in [3.05, 3.63) is 66.0 Å². The second-order valence-electron chi connectivity index (χ2n) is 9.97. The molecule has 0 radical (unpaired) electrons. The fourth-order valence-corrected chi connectivity index (χ4v) is 5.37. The first-order chi connectivity index (χ1) is 16.5. The van der Waals surface area contributed by atoms with E-state index in [4.69, 9.17) is 9.47 Å². The molecule has 2 aliphatic rings. The number of carbonyl (C=O) groups is 1. The second-order valence-corrected chi connectivity index (χ2v) is 9.97. The molecule has 2 saturated carbocycles. The first-order valence-corrected chi connectivity index (χ1v) is 12.6. The molecule has 5 rings (SSSR count). The number of hydrogen-bond acceptors (Lipinski definition) is 4. The summed E-state index contributed by atoms with van der Waals surface area (Å²) in [6.45, 7) is 4.42. The number of aromatic nitrogens is 2. The van der Waals surface area contributed by atoms with Gasteiger partial charge in [-0.15, -0.1) is 0 Å². The van der Waals surface area contributed by atoms with Crippen LogP contribution in [0.5, 0.6) is 5.75 Å². The lowest BCUT2D eigenvalue weighted by molar-refractivity contribution is 0.0599. The average Bonchev–Trinajstić information content (AvgIpc) is 3.43. The van der Waals surface area contributed by atoms with Crippen LogP contribution in [0.25, 0.3) is 16.8 Å². The first-order valence-electron chi connectivity index (χ1n) is 12.6. The highest BCUT2D eigenvalue weighted by atomic mass is 16.5. The van der Waals surface area contributed by atoms with Crippen molar-refractivity contribution in [2.45, 2.75) is 64.4 Å². The fraction of sp³-hybridized carbons (Fsp3) is 0.448. The highest BCUT2D eigenvalue weighted by Crippen LogP contribution is 2.48. The lowest BCUT2D eigenvalue weighted by atomic mass is 9.86. The van der Waals surface area contributed by atoms with Crippen molar-refractivity contribution in [1.82, 2.24) is 9.78 Å². The molecule has 2 fully saturated rings. The van der Waals surface area contributed by atoms with Gasteiger partial charge in [0.2, 0.25) is 0 Å². The van der Waals surface area contributed by atoms with Crippen LogP contribution >= 0.6 is 0 Å². The molecule has 34 heavy (non-hydrogen) atoms. The van der Waals surface area contributed by atoms with Crippen LogP contribution in [0.1, 0.15) is 74.3 Å². The Hall–Kier alpha value is -3.08. The van der Waals surface area contributed by atoms with Gasteiger partial charge in [0.05, 0.1) is 30.8 Å². The van der Waals surface area contributed by atoms with Crippen molar-refractivity contribution in [3.8, 4) is 22.6 Å². The third-order valence-electron chi connectivity index (χ3n) is 7.57. The number of benzene rings is 2. The van der Waals surface area contributed by atoms with Gasteiger partial charge in [0, 0.05) is 5.92 Å². The predicted molar refractivity (Wildman–Crippen MR) is 134 cm³/mol. The predicted octanol–water partition coefficient (Wildman–Crippen LogP) is 6.80. The SMILES string of the molecule is COC(=O)c1cnn(-c2cccc(-c3cccc(O[C@@H](C)C4CCCCC4)c3)c2)c1[C@H]1C[C@@H]1C. The topological polar surface area (TPSA) is 53.3 Å². The van der Waals surface area contributed by atoms with Crippen molar-refractivity contribution < 1.29 is 14.3 Å². The quantitative estimate of drug-likeness (QED) is 0.366. The van der Waals surface area contributed by atoms with Crippen LogP contribution in [0.2, 0.25) is 0 Å². The van der Waals surface area contributed by atoms with Crippen LogP contribution in [0.4, 0.5) is 0 Å². The molecule has 2 aromatic carbocycles. The Morgan fingerprint density at radius 2 is 1.76 bits per heavy atom. The van der Waals surface area contributed by atoms with Crippen LogP contribution in [-0.4, -0.2) is 29.0 Å². The number of esters is 1. The maximum Gasteiger partial charge on any atom is 0.341 e. The molecule has 3 aromatic rings. The zero-order valence-corrected chi connectivity index (χ0v) is 20.4. The maximum absolute atomic E-state index is 12.4. The van der Waals surface area contributed by atoms with E-state index in [1.165, 1.54) is 39.2 Å². The molecule has 0 aliphatic heterocycles. The van der Waals surface area contributed by atoms with Crippen LogP contribution in [-0.2, 0) is 4.74 Å². The smallest absolute Gasteiger partial charge is 0.341 e. The highest BCUT2D eigenvalue weighted by Gasteiger charge is 2.40. The van der Waals surface area contributed by atoms with Gasteiger partial charge in [-0.3, -0.25) is 0 Å². The van der Waals surface area contributed by atoms with E-state index in [-0.39, 0.29) is 12.1 Å². The fourth-order valence-electron chi connectivity index (χ4n) is 5.37. The zero-order valence-electron chi connectivity index (χ0n) is 20.4. The summed E-state index contributed by atoms with van der Waals surface area (Å²) in [5.41, 5.74) is 4.67. The summed E-state index contributed by atoms with van der Waals surface area (Å²) in [6, 6.07) is 16.7. The number of methoxy groups -OCH3 is 1. The van der Waals surface area contributed by atoms with Crippen molar-refractivity contribution >= 4 is 5.97 Å². The van der Waals surface area contributed by atoms with Crippen molar-refractivity contribution in [2.24, 2.45) is 11.8 Å². The van der Waals surface area contributed by atoms with Gasteiger partial charge >= 0.3 is 5.97 Å². The van der Waals surface area contributed by atoms with E-state index in [9.17, 15) is 4.79 Å². The molecule has 5 heteroatoms. The van der Waals surface area contributed by atoms with E-state index in [1.54, 1.807) is 6.20 Å². The maximum atomic E-state index is 12.4. The molecule has 0 spiro atoms. The Bertz CT molecular complexity index is 1160. The highest BCUT2D eigenvalue weighted by molar-refractivity contribution is 5.91. The summed E-state index contributed by atoms with van der Waals surface area (Å²) in [6.07, 6.45) is 9.45. The van der Waals surface area contributed by atoms with Crippen LogP contribution in [0.3, 0.4) is 0 Å². The van der Waals surface area contributed by atoms with Crippen molar-refractivity contribution in [3.63, 3.8) is 0 Å². The molecule has 0 bridgehead atoms. The average molecular weight is 459 g/mol. The first kappa shape index (κ1) is 22.7. The minimum absolute atomic E-state index is 0.228. The van der Waals surface area contributed by atoms with Gasteiger partial charge in [-0.25, -0.2) is 9.48 Å². The number of nitrogens with zero attached hydrogens (tertiary/aromatic N) is 2. The third kappa shape index (κ3) is 4.61. The minimum atomic E-state index is -0.326. The lowest BCUT2D eigenvalue weighted by Gasteiger charge is -2.28. The molecule has 178 valence electrons. The summed E-state index contributed by atoms with van der Waals surface area (Å²) < 4.78 is 13.3. The summed E-state index contributed by atoms with van der Waals surface area (Å²) in [7, 11) is 1.42. The van der Waals surface area contributed by atoms with Crippen LogP contribution < -0.4 is 4.74 Å². The van der Waals surface area contributed by atoms with Crippen LogP contribution in [0, 0.1) is 11.8 Å². The molecular weight excluding hydrogens is 424 g/mol. The number of rotatable bonds is 7. The minimum Gasteiger partial charge on any atom is -0.490 e. The van der Waals surface area contributed by atoms with E-state index < -0.39 is 0 Å². The zero-order chi connectivity index (χ0) is 23.7. The summed E-state index contributed by atoms with van der Waals surface area (Å²) >= 11 is 0. The second kappa shape index (κ2) is 9.65. The molecule has 1 aromatic heterocycles. The number of carbonyl (C=O) groups excluding carboxylic acids is 1.